The van der Waals surface area contributed by atoms with Gasteiger partial charge in [0.2, 0.25) is 5.78 Å². The second-order valence-electron chi connectivity index (χ2n) is 5.23. The molecule has 0 unspecified atom stereocenters. The topological polar surface area (TPSA) is 74.1 Å². The monoisotopic (exact) mass is 345 g/mol. The fourth-order valence-corrected chi connectivity index (χ4v) is 2.34. The van der Waals surface area contributed by atoms with Gasteiger partial charge in [0.05, 0.1) is 16.6 Å². The number of ketones is 1. The highest BCUT2D eigenvalue weighted by molar-refractivity contribution is 6.00. The number of aromatic nitrogens is 3. The molecule has 0 aliphatic rings. The first-order valence-corrected chi connectivity index (χ1v) is 7.48. The summed E-state index contributed by atoms with van der Waals surface area (Å²) in [5.74, 6) is -3.22. The molecule has 0 bridgehead atoms. The van der Waals surface area contributed by atoms with Gasteiger partial charge in [0, 0.05) is 6.54 Å². The number of halogens is 2. The minimum absolute atomic E-state index is 0.183. The van der Waals surface area contributed by atoms with Crippen LogP contribution in [0, 0.1) is 11.6 Å². The number of esters is 1. The minimum Gasteiger partial charge on any atom is -0.454 e. The normalized spacial score (nSPS) is 10.8. The van der Waals surface area contributed by atoms with Crippen LogP contribution in [0.25, 0.3) is 11.0 Å². The van der Waals surface area contributed by atoms with Gasteiger partial charge in [-0.1, -0.05) is 5.21 Å². The van der Waals surface area contributed by atoms with Crippen molar-refractivity contribution in [2.45, 2.75) is 13.5 Å². The number of hydrogen-bond acceptors (Lipinski definition) is 5. The van der Waals surface area contributed by atoms with E-state index in [1.165, 1.54) is 12.1 Å². The molecule has 0 saturated carbocycles. The Labute approximate surface area is 141 Å². The lowest BCUT2D eigenvalue weighted by Crippen LogP contribution is -2.15. The molecule has 0 amide bonds. The van der Waals surface area contributed by atoms with Crippen molar-refractivity contribution in [3.8, 4) is 0 Å². The Hall–Kier alpha value is -3.16. The van der Waals surface area contributed by atoms with Crippen molar-refractivity contribution in [3.63, 3.8) is 0 Å². The Morgan fingerprint density at radius 2 is 1.96 bits per heavy atom. The number of rotatable bonds is 5. The van der Waals surface area contributed by atoms with Gasteiger partial charge in [0.1, 0.15) is 17.2 Å². The molecule has 1 heterocycles. The average Bonchev–Trinajstić information content (AvgIpc) is 3.03. The summed E-state index contributed by atoms with van der Waals surface area (Å²) >= 11 is 0. The largest absolute Gasteiger partial charge is 0.454 e. The van der Waals surface area contributed by atoms with Gasteiger partial charge >= 0.3 is 5.97 Å². The van der Waals surface area contributed by atoms with Crippen LogP contribution in [0.3, 0.4) is 0 Å². The Kier molecular flexibility index (Phi) is 4.51. The van der Waals surface area contributed by atoms with Crippen molar-refractivity contribution in [2.24, 2.45) is 0 Å². The molecule has 2 aromatic carbocycles. The Bertz CT molecular complexity index is 969. The van der Waals surface area contributed by atoms with Crippen LogP contribution in [0.1, 0.15) is 27.6 Å². The van der Waals surface area contributed by atoms with E-state index >= 15 is 0 Å². The van der Waals surface area contributed by atoms with Crippen LogP contribution in [-0.2, 0) is 11.3 Å². The minimum atomic E-state index is -0.875. The summed E-state index contributed by atoms with van der Waals surface area (Å²) in [4.78, 5) is 24.0. The van der Waals surface area contributed by atoms with E-state index in [9.17, 15) is 18.4 Å². The Balaban J connectivity index is 1.72. The second-order valence-corrected chi connectivity index (χ2v) is 5.23. The molecule has 3 rings (SSSR count). The van der Waals surface area contributed by atoms with Crippen molar-refractivity contribution in [1.29, 1.82) is 0 Å². The third kappa shape index (κ3) is 3.37. The summed E-state index contributed by atoms with van der Waals surface area (Å²) in [6.07, 6.45) is 0. The van der Waals surface area contributed by atoms with E-state index in [0.29, 0.717) is 12.1 Å². The summed E-state index contributed by atoms with van der Waals surface area (Å²) in [5.41, 5.74) is 0.994. The molecule has 0 spiro atoms. The summed E-state index contributed by atoms with van der Waals surface area (Å²) < 4.78 is 33.2. The zero-order valence-electron chi connectivity index (χ0n) is 13.2. The van der Waals surface area contributed by atoms with Crippen molar-refractivity contribution in [2.75, 3.05) is 6.61 Å². The maximum atomic E-state index is 13.5. The Morgan fingerprint density at radius 1 is 1.16 bits per heavy atom. The lowest BCUT2D eigenvalue weighted by atomic mass is 10.1. The molecule has 6 nitrogen and oxygen atoms in total. The maximum Gasteiger partial charge on any atom is 0.338 e. The summed E-state index contributed by atoms with van der Waals surface area (Å²) in [7, 11) is 0. The van der Waals surface area contributed by atoms with Gasteiger partial charge in [-0.3, -0.25) is 4.79 Å². The third-order valence-corrected chi connectivity index (χ3v) is 3.61. The van der Waals surface area contributed by atoms with Crippen LogP contribution in [0.5, 0.6) is 0 Å². The number of Topliss-reactive ketones (excluding diaryl/α,β-unsaturated/α-hetero) is 1. The fourth-order valence-electron chi connectivity index (χ4n) is 2.34. The number of ether oxygens (including phenoxy) is 1. The molecule has 25 heavy (non-hydrogen) atoms. The molecule has 1 aromatic heterocycles. The predicted octanol–water partition coefficient (Wildman–Crippen LogP) is 2.77. The van der Waals surface area contributed by atoms with E-state index in [4.69, 9.17) is 4.74 Å². The van der Waals surface area contributed by atoms with Crippen molar-refractivity contribution in [3.05, 3.63) is 59.2 Å². The molecule has 0 aliphatic carbocycles. The van der Waals surface area contributed by atoms with Crippen LogP contribution in [0.15, 0.2) is 36.4 Å². The molecule has 8 heteroatoms. The fraction of sp³-hybridized carbons (Fsp3) is 0.176. The van der Waals surface area contributed by atoms with Crippen molar-refractivity contribution >= 4 is 22.8 Å². The molecule has 0 N–H and O–H groups in total. The first kappa shape index (κ1) is 16.7. The van der Waals surface area contributed by atoms with Crippen molar-refractivity contribution in [1.82, 2.24) is 15.0 Å². The van der Waals surface area contributed by atoms with E-state index in [1.807, 2.05) is 6.92 Å². The number of benzene rings is 2. The number of hydrogen-bond donors (Lipinski definition) is 0. The molecule has 0 atom stereocenters. The van der Waals surface area contributed by atoms with Gasteiger partial charge in [0.15, 0.2) is 6.61 Å². The highest BCUT2D eigenvalue weighted by Gasteiger charge is 2.17. The Morgan fingerprint density at radius 3 is 2.72 bits per heavy atom. The zero-order valence-corrected chi connectivity index (χ0v) is 13.2. The molecule has 0 aliphatic heterocycles. The maximum absolute atomic E-state index is 13.5. The highest BCUT2D eigenvalue weighted by atomic mass is 19.1. The first-order valence-electron chi connectivity index (χ1n) is 7.48. The quantitative estimate of drug-likeness (QED) is 0.525. The molecule has 0 saturated heterocycles. The average molecular weight is 345 g/mol. The van der Waals surface area contributed by atoms with Crippen LogP contribution >= 0.6 is 0 Å². The van der Waals surface area contributed by atoms with E-state index in [1.54, 1.807) is 10.7 Å². The van der Waals surface area contributed by atoms with E-state index in [0.717, 1.165) is 23.7 Å². The van der Waals surface area contributed by atoms with Gasteiger partial charge in [-0.05, 0) is 43.3 Å². The number of aryl methyl sites for hydroxylation is 1. The third-order valence-electron chi connectivity index (χ3n) is 3.61. The summed E-state index contributed by atoms with van der Waals surface area (Å²) in [6.45, 7) is 1.85. The molecular weight excluding hydrogens is 332 g/mol. The van der Waals surface area contributed by atoms with E-state index in [2.05, 4.69) is 10.3 Å². The second kappa shape index (κ2) is 6.76. The van der Waals surface area contributed by atoms with Crippen LogP contribution in [0.2, 0.25) is 0 Å². The standard InChI is InChI=1S/C17H13F2N3O3/c1-2-22-15-6-3-10(7-14(15)20-21-22)17(24)25-9-16(23)12-8-11(18)4-5-13(12)19/h3-8H,2,9H2,1H3. The van der Waals surface area contributed by atoms with Gasteiger partial charge in [-0.25, -0.2) is 18.3 Å². The predicted molar refractivity (Wildman–Crippen MR) is 84.2 cm³/mol. The van der Waals surface area contributed by atoms with Crippen molar-refractivity contribution < 1.29 is 23.1 Å². The van der Waals surface area contributed by atoms with Gasteiger partial charge in [0.25, 0.3) is 0 Å². The van der Waals surface area contributed by atoms with E-state index < -0.39 is 35.6 Å². The number of carbonyl (C=O) groups is 2. The number of nitrogens with zero attached hydrogens (tertiary/aromatic N) is 3. The van der Waals surface area contributed by atoms with Gasteiger partial charge < -0.3 is 4.74 Å². The molecule has 0 radical (unpaired) electrons. The smallest absolute Gasteiger partial charge is 0.338 e. The summed E-state index contributed by atoms with van der Waals surface area (Å²) in [5, 5.41) is 7.87. The van der Waals surface area contributed by atoms with Crippen LogP contribution in [0.4, 0.5) is 8.78 Å². The van der Waals surface area contributed by atoms with Crippen LogP contribution in [-0.4, -0.2) is 33.4 Å². The molecular formula is C17H13F2N3O3. The molecule has 3 aromatic rings. The van der Waals surface area contributed by atoms with Crippen LogP contribution < -0.4 is 0 Å². The SMILES string of the molecule is CCn1nnc2cc(C(=O)OCC(=O)c3cc(F)ccc3F)ccc21. The van der Waals surface area contributed by atoms with Gasteiger partial charge in [-0.2, -0.15) is 0 Å². The molecule has 0 fully saturated rings. The lowest BCUT2D eigenvalue weighted by molar-refractivity contribution is 0.0473. The van der Waals surface area contributed by atoms with Gasteiger partial charge in [-0.15, -0.1) is 5.10 Å². The first-order chi connectivity index (χ1) is 12.0. The molecule has 128 valence electrons. The summed E-state index contributed by atoms with van der Waals surface area (Å²) in [6, 6.07) is 7.19. The zero-order chi connectivity index (χ0) is 18.0. The highest BCUT2D eigenvalue weighted by Crippen LogP contribution is 2.15. The number of fused-ring (bicyclic) bond motifs is 1. The van der Waals surface area contributed by atoms with E-state index in [-0.39, 0.29) is 5.56 Å². The number of carbonyl (C=O) groups excluding carboxylic acids is 2. The lowest BCUT2D eigenvalue weighted by Gasteiger charge is -2.06.